The van der Waals surface area contributed by atoms with Crippen LogP contribution in [-0.4, -0.2) is 17.4 Å². The van der Waals surface area contributed by atoms with Gasteiger partial charge in [0.25, 0.3) is 0 Å². The van der Waals surface area contributed by atoms with Crippen LogP contribution < -0.4 is 5.73 Å². The highest BCUT2D eigenvalue weighted by Crippen LogP contribution is 2.38. The molecule has 110 valence electrons. The monoisotopic (exact) mass is 363 g/mol. The maximum atomic E-state index is 6.19. The fraction of sp³-hybridized carbons (Fsp3) is 0.312. The summed E-state index contributed by atoms with van der Waals surface area (Å²) in [7, 11) is 0. The van der Waals surface area contributed by atoms with Crippen molar-refractivity contribution < 1.29 is 0 Å². The van der Waals surface area contributed by atoms with Gasteiger partial charge in [0.05, 0.1) is 18.6 Å². The molecule has 0 radical (unpaired) electrons. The average Bonchev–Trinajstić information content (AvgIpc) is 3.11. The molecule has 0 saturated heterocycles. The number of hydrogen-bond acceptors (Lipinski definition) is 4. The van der Waals surface area contributed by atoms with Crippen molar-refractivity contribution in [3.8, 4) is 0 Å². The van der Waals surface area contributed by atoms with Crippen LogP contribution in [0.2, 0.25) is 0 Å². The normalized spacial score (nSPS) is 21.6. The second-order valence-corrected chi connectivity index (χ2v) is 7.18. The van der Waals surface area contributed by atoms with E-state index in [0.29, 0.717) is 5.96 Å². The van der Waals surface area contributed by atoms with Gasteiger partial charge in [-0.25, -0.2) is 0 Å². The van der Waals surface area contributed by atoms with Gasteiger partial charge in [0.2, 0.25) is 0 Å². The summed E-state index contributed by atoms with van der Waals surface area (Å²) in [5.74, 6) is 0.646. The van der Waals surface area contributed by atoms with E-state index in [0.717, 1.165) is 24.0 Å². The van der Waals surface area contributed by atoms with E-state index >= 15 is 0 Å². The van der Waals surface area contributed by atoms with Gasteiger partial charge in [-0.3, -0.25) is 4.99 Å². The van der Waals surface area contributed by atoms with Crippen LogP contribution in [0.4, 0.5) is 0 Å². The van der Waals surface area contributed by atoms with Crippen molar-refractivity contribution in [3.05, 3.63) is 56.7 Å². The molecule has 0 amide bonds. The smallest absolute Gasteiger partial charge is 0.192 e. The fourth-order valence-electron chi connectivity index (χ4n) is 2.91. The Hall–Kier alpha value is -1.33. The van der Waals surface area contributed by atoms with E-state index in [1.807, 2.05) is 0 Å². The molecule has 1 aromatic carbocycles. The Morgan fingerprint density at radius 3 is 2.71 bits per heavy atom. The molecule has 21 heavy (non-hydrogen) atoms. The van der Waals surface area contributed by atoms with Crippen LogP contribution in [0.25, 0.3) is 0 Å². The van der Waals surface area contributed by atoms with Crippen LogP contribution in [0.15, 0.2) is 51.2 Å². The third-order valence-corrected chi connectivity index (χ3v) is 5.55. The number of nitrogens with two attached hydrogens (primary N) is 1. The third-order valence-electron chi connectivity index (χ3n) is 4.16. The molecule has 1 atom stereocenters. The first-order valence-corrected chi connectivity index (χ1v) is 8.69. The van der Waals surface area contributed by atoms with Crippen LogP contribution in [0.3, 0.4) is 0 Å². The predicted molar refractivity (Wildman–Crippen MR) is 92.5 cm³/mol. The van der Waals surface area contributed by atoms with Crippen LogP contribution in [0, 0.1) is 0 Å². The van der Waals surface area contributed by atoms with Crippen molar-refractivity contribution in [2.45, 2.75) is 25.4 Å². The van der Waals surface area contributed by atoms with E-state index in [1.54, 1.807) is 11.3 Å². The average molecular weight is 364 g/mol. The number of hydrogen-bond donors (Lipinski definition) is 1. The number of thiophene rings is 1. The lowest BCUT2D eigenvalue weighted by Gasteiger charge is -2.39. The van der Waals surface area contributed by atoms with Crippen molar-refractivity contribution in [3.63, 3.8) is 0 Å². The molecule has 0 bridgehead atoms. The lowest BCUT2D eigenvalue weighted by atomic mass is 9.86. The molecule has 1 aliphatic heterocycles. The summed E-state index contributed by atoms with van der Waals surface area (Å²) >= 11 is 5.26. The van der Waals surface area contributed by atoms with Gasteiger partial charge < -0.3 is 10.6 Å². The minimum absolute atomic E-state index is 0.130. The quantitative estimate of drug-likeness (QED) is 0.893. The molecule has 2 aromatic rings. The molecule has 1 aromatic heterocycles. The van der Waals surface area contributed by atoms with Crippen molar-refractivity contribution in [2.75, 3.05) is 6.54 Å². The van der Waals surface area contributed by atoms with Gasteiger partial charge >= 0.3 is 0 Å². The molecule has 5 heteroatoms. The Balaban J connectivity index is 1.97. The highest BCUT2D eigenvalue weighted by Gasteiger charge is 2.42. The first-order valence-electron chi connectivity index (χ1n) is 7.02. The number of nitrogens with zero attached hydrogens (tertiary/aromatic N) is 2. The molecule has 3 rings (SSSR count). The lowest BCUT2D eigenvalue weighted by Crippen LogP contribution is -2.48. The molecule has 1 aliphatic rings. The predicted octanol–water partition coefficient (Wildman–Crippen LogP) is 3.95. The lowest BCUT2D eigenvalue weighted by molar-refractivity contribution is 0.188. The zero-order chi connectivity index (χ0) is 14.9. The highest BCUT2D eigenvalue weighted by atomic mass is 79.9. The summed E-state index contributed by atoms with van der Waals surface area (Å²) in [4.78, 5) is 8.10. The first kappa shape index (κ1) is 14.6. The Morgan fingerprint density at radius 2 is 2.10 bits per heavy atom. The van der Waals surface area contributed by atoms with Crippen LogP contribution in [0.1, 0.15) is 23.8 Å². The SMILES string of the molecule is CCC1(c2ccc(Br)cc2)CN=C(N)N1Cc1cccs1. The summed E-state index contributed by atoms with van der Waals surface area (Å²) in [5.41, 5.74) is 7.33. The number of rotatable bonds is 4. The molecule has 0 saturated carbocycles. The summed E-state index contributed by atoms with van der Waals surface area (Å²) in [6.45, 7) is 3.75. The van der Waals surface area contributed by atoms with Gasteiger partial charge in [0.1, 0.15) is 0 Å². The van der Waals surface area contributed by atoms with E-state index in [4.69, 9.17) is 5.73 Å². The third kappa shape index (κ3) is 2.60. The van der Waals surface area contributed by atoms with Gasteiger partial charge in [-0.2, -0.15) is 0 Å². The molecule has 2 heterocycles. The standard InChI is InChI=1S/C16H18BrN3S/c1-2-16(12-5-7-13(17)8-6-12)11-19-15(18)20(16)10-14-4-3-9-21-14/h3-9H,2,10-11H2,1H3,(H2,18,19). The van der Waals surface area contributed by atoms with Crippen LogP contribution in [0.5, 0.6) is 0 Å². The number of halogens is 1. The van der Waals surface area contributed by atoms with E-state index in [1.165, 1.54) is 10.4 Å². The molecular formula is C16H18BrN3S. The molecule has 2 N–H and O–H groups in total. The Morgan fingerprint density at radius 1 is 1.33 bits per heavy atom. The molecule has 3 nitrogen and oxygen atoms in total. The Kier molecular flexibility index (Phi) is 4.04. The van der Waals surface area contributed by atoms with Gasteiger partial charge in [0, 0.05) is 9.35 Å². The second-order valence-electron chi connectivity index (χ2n) is 5.23. The Bertz CT molecular complexity index is 636. The highest BCUT2D eigenvalue weighted by molar-refractivity contribution is 9.10. The number of aliphatic imine (C=N–C) groups is 1. The summed E-state index contributed by atoms with van der Waals surface area (Å²) in [5, 5.41) is 2.10. The molecule has 0 fully saturated rings. The van der Waals surface area contributed by atoms with Crippen molar-refractivity contribution >= 4 is 33.2 Å². The molecule has 1 unspecified atom stereocenters. The largest absolute Gasteiger partial charge is 0.370 e. The maximum Gasteiger partial charge on any atom is 0.192 e. The van der Waals surface area contributed by atoms with E-state index in [-0.39, 0.29) is 5.54 Å². The molecule has 0 aliphatic carbocycles. The Labute approximate surface area is 137 Å². The fourth-order valence-corrected chi connectivity index (χ4v) is 3.86. The van der Waals surface area contributed by atoms with Crippen LogP contribution >= 0.6 is 27.3 Å². The topological polar surface area (TPSA) is 41.6 Å². The second kappa shape index (κ2) is 5.81. The van der Waals surface area contributed by atoms with Crippen molar-refractivity contribution in [1.82, 2.24) is 4.90 Å². The van der Waals surface area contributed by atoms with Gasteiger partial charge in [0.15, 0.2) is 5.96 Å². The zero-order valence-corrected chi connectivity index (χ0v) is 14.3. The number of benzene rings is 1. The minimum atomic E-state index is -0.130. The van der Waals surface area contributed by atoms with Crippen LogP contribution in [-0.2, 0) is 12.1 Å². The van der Waals surface area contributed by atoms with E-state index in [2.05, 4.69) is 74.5 Å². The zero-order valence-electron chi connectivity index (χ0n) is 11.9. The molecule has 0 spiro atoms. The van der Waals surface area contributed by atoms with E-state index in [9.17, 15) is 0 Å². The minimum Gasteiger partial charge on any atom is -0.370 e. The van der Waals surface area contributed by atoms with Crippen molar-refractivity contribution in [1.29, 1.82) is 0 Å². The maximum absolute atomic E-state index is 6.19. The summed E-state index contributed by atoms with van der Waals surface area (Å²) in [6.07, 6.45) is 0.976. The molecular weight excluding hydrogens is 346 g/mol. The van der Waals surface area contributed by atoms with Gasteiger partial charge in [-0.05, 0) is 35.6 Å². The summed E-state index contributed by atoms with van der Waals surface area (Å²) < 4.78 is 1.09. The van der Waals surface area contributed by atoms with E-state index < -0.39 is 0 Å². The summed E-state index contributed by atoms with van der Waals surface area (Å²) in [6, 6.07) is 12.7. The van der Waals surface area contributed by atoms with Crippen molar-refractivity contribution in [2.24, 2.45) is 10.7 Å². The first-order chi connectivity index (χ1) is 10.2. The van der Waals surface area contributed by atoms with Gasteiger partial charge in [-0.1, -0.05) is 41.1 Å². The number of guanidine groups is 1. The van der Waals surface area contributed by atoms with Gasteiger partial charge in [-0.15, -0.1) is 11.3 Å².